The van der Waals surface area contributed by atoms with E-state index in [0.717, 1.165) is 6.54 Å². The minimum Gasteiger partial charge on any atom is -0.454 e. The van der Waals surface area contributed by atoms with Crippen molar-refractivity contribution in [1.29, 1.82) is 0 Å². The van der Waals surface area contributed by atoms with Gasteiger partial charge in [-0.05, 0) is 26.4 Å². The van der Waals surface area contributed by atoms with Gasteiger partial charge in [0.05, 0.1) is 0 Å². The van der Waals surface area contributed by atoms with Crippen molar-refractivity contribution in [3.8, 4) is 0 Å². The lowest BCUT2D eigenvalue weighted by Gasteiger charge is -2.33. The van der Waals surface area contributed by atoms with Crippen molar-refractivity contribution >= 4 is 11.9 Å². The second-order valence-corrected chi connectivity index (χ2v) is 3.99. The molecule has 2 unspecified atom stereocenters. The topological polar surface area (TPSA) is 58.6 Å². The molecule has 0 radical (unpaired) electrons. The summed E-state index contributed by atoms with van der Waals surface area (Å²) >= 11 is 0. The molecule has 1 saturated heterocycles. The lowest BCUT2D eigenvalue weighted by Crippen LogP contribution is -2.52. The first-order valence-electron chi connectivity index (χ1n) is 5.17. The van der Waals surface area contributed by atoms with E-state index in [9.17, 15) is 9.59 Å². The molecule has 0 aromatic heterocycles. The number of rotatable bonds is 4. The summed E-state index contributed by atoms with van der Waals surface area (Å²) in [4.78, 5) is 24.4. The van der Waals surface area contributed by atoms with Gasteiger partial charge < -0.3 is 15.0 Å². The van der Waals surface area contributed by atoms with Gasteiger partial charge in [-0.25, -0.2) is 4.79 Å². The minimum atomic E-state index is -0.453. The molecule has 0 bridgehead atoms. The molecule has 0 aromatic rings. The molecular weight excluding hydrogens is 196 g/mol. The van der Waals surface area contributed by atoms with Crippen LogP contribution in [-0.4, -0.2) is 49.6 Å². The van der Waals surface area contributed by atoms with Crippen LogP contribution in [0.25, 0.3) is 0 Å². The van der Waals surface area contributed by atoms with Gasteiger partial charge in [0, 0.05) is 6.54 Å². The van der Waals surface area contributed by atoms with Crippen molar-refractivity contribution in [1.82, 2.24) is 10.2 Å². The second-order valence-electron chi connectivity index (χ2n) is 3.99. The van der Waals surface area contributed by atoms with Crippen molar-refractivity contribution in [2.75, 3.05) is 26.7 Å². The Morgan fingerprint density at radius 3 is 2.87 bits per heavy atom. The fourth-order valence-electron chi connectivity index (χ4n) is 1.69. The Labute approximate surface area is 89.8 Å². The molecule has 2 atom stereocenters. The van der Waals surface area contributed by atoms with E-state index in [1.165, 1.54) is 0 Å². The number of cyclic esters (lactones) is 1. The fraction of sp³-hybridized carbons (Fsp3) is 0.800. The molecule has 0 saturated carbocycles. The monoisotopic (exact) mass is 214 g/mol. The van der Waals surface area contributed by atoms with E-state index in [1.807, 2.05) is 14.0 Å². The molecular formula is C10H18N2O3. The highest BCUT2D eigenvalue weighted by atomic mass is 16.5. The van der Waals surface area contributed by atoms with Gasteiger partial charge in [0.1, 0.15) is 6.04 Å². The molecule has 0 aliphatic carbocycles. The number of ether oxygens (including phenoxy) is 1. The third kappa shape index (κ3) is 2.92. The Bertz CT molecular complexity index is 255. The van der Waals surface area contributed by atoms with Gasteiger partial charge >= 0.3 is 5.97 Å². The molecule has 5 heteroatoms. The largest absolute Gasteiger partial charge is 0.454 e. The van der Waals surface area contributed by atoms with Gasteiger partial charge in [-0.15, -0.1) is 0 Å². The van der Waals surface area contributed by atoms with Gasteiger partial charge in [-0.3, -0.25) is 4.79 Å². The van der Waals surface area contributed by atoms with Gasteiger partial charge in [-0.1, -0.05) is 6.92 Å². The molecule has 15 heavy (non-hydrogen) atoms. The summed E-state index contributed by atoms with van der Waals surface area (Å²) in [6, 6.07) is -0.453. The SMILES string of the molecule is CNCC(C)CN1C(=O)COC(=O)C1C. The molecule has 1 N–H and O–H groups in total. The zero-order valence-electron chi connectivity index (χ0n) is 9.45. The molecule has 1 aliphatic rings. The van der Waals surface area contributed by atoms with Crippen LogP contribution in [0.4, 0.5) is 0 Å². The standard InChI is InChI=1S/C10H18N2O3/c1-7(4-11-3)5-12-8(2)10(14)15-6-9(12)13/h7-8,11H,4-6H2,1-3H3. The maximum Gasteiger partial charge on any atom is 0.329 e. The summed E-state index contributed by atoms with van der Waals surface area (Å²) in [7, 11) is 1.87. The molecule has 1 fully saturated rings. The molecule has 1 rings (SSSR count). The average Bonchev–Trinajstić information content (AvgIpc) is 2.19. The third-order valence-corrected chi connectivity index (χ3v) is 2.53. The van der Waals surface area contributed by atoms with E-state index >= 15 is 0 Å². The van der Waals surface area contributed by atoms with Crippen molar-refractivity contribution in [2.45, 2.75) is 19.9 Å². The van der Waals surface area contributed by atoms with Crippen LogP contribution in [0.15, 0.2) is 0 Å². The summed E-state index contributed by atoms with van der Waals surface area (Å²) in [6.07, 6.45) is 0. The summed E-state index contributed by atoms with van der Waals surface area (Å²) < 4.78 is 4.73. The summed E-state index contributed by atoms with van der Waals surface area (Å²) in [6.45, 7) is 5.04. The van der Waals surface area contributed by atoms with Crippen molar-refractivity contribution in [2.24, 2.45) is 5.92 Å². The van der Waals surface area contributed by atoms with Crippen LogP contribution in [0.3, 0.4) is 0 Å². The van der Waals surface area contributed by atoms with Crippen molar-refractivity contribution in [3.05, 3.63) is 0 Å². The smallest absolute Gasteiger partial charge is 0.329 e. The molecule has 0 spiro atoms. The van der Waals surface area contributed by atoms with Gasteiger partial charge in [-0.2, -0.15) is 0 Å². The highest BCUT2D eigenvalue weighted by Crippen LogP contribution is 2.11. The number of amides is 1. The van der Waals surface area contributed by atoms with Crippen LogP contribution >= 0.6 is 0 Å². The van der Waals surface area contributed by atoms with E-state index in [0.29, 0.717) is 12.5 Å². The first kappa shape index (κ1) is 12.0. The van der Waals surface area contributed by atoms with Gasteiger partial charge in [0.25, 0.3) is 5.91 Å². The molecule has 1 aliphatic heterocycles. The number of nitrogens with zero attached hydrogens (tertiary/aromatic N) is 1. The van der Waals surface area contributed by atoms with E-state index in [-0.39, 0.29) is 18.5 Å². The van der Waals surface area contributed by atoms with Gasteiger partial charge in [0.2, 0.25) is 0 Å². The Kier molecular flexibility index (Phi) is 4.08. The van der Waals surface area contributed by atoms with Gasteiger partial charge in [0.15, 0.2) is 6.61 Å². The second kappa shape index (κ2) is 5.11. The highest BCUT2D eigenvalue weighted by molar-refractivity contribution is 5.90. The molecule has 1 heterocycles. The Morgan fingerprint density at radius 2 is 2.27 bits per heavy atom. The molecule has 5 nitrogen and oxygen atoms in total. The fourth-order valence-corrected chi connectivity index (χ4v) is 1.69. The minimum absolute atomic E-state index is 0.106. The van der Waals surface area contributed by atoms with Crippen molar-refractivity contribution < 1.29 is 14.3 Å². The number of carbonyl (C=O) groups excluding carboxylic acids is 2. The molecule has 1 amide bonds. The summed E-state index contributed by atoms with van der Waals surface area (Å²) in [5, 5.41) is 3.04. The number of esters is 1. The number of hydrogen-bond acceptors (Lipinski definition) is 4. The van der Waals surface area contributed by atoms with E-state index in [4.69, 9.17) is 4.74 Å². The average molecular weight is 214 g/mol. The van der Waals surface area contributed by atoms with Crippen LogP contribution in [0, 0.1) is 5.92 Å². The Morgan fingerprint density at radius 1 is 1.60 bits per heavy atom. The van der Waals surface area contributed by atoms with Crippen LogP contribution in [0.1, 0.15) is 13.8 Å². The maximum absolute atomic E-state index is 11.5. The lowest BCUT2D eigenvalue weighted by atomic mass is 10.1. The predicted molar refractivity (Wildman–Crippen MR) is 55.2 cm³/mol. The van der Waals surface area contributed by atoms with Crippen LogP contribution in [0.2, 0.25) is 0 Å². The van der Waals surface area contributed by atoms with Crippen LogP contribution in [-0.2, 0) is 14.3 Å². The number of carbonyl (C=O) groups is 2. The van der Waals surface area contributed by atoms with E-state index < -0.39 is 6.04 Å². The first-order valence-corrected chi connectivity index (χ1v) is 5.17. The maximum atomic E-state index is 11.5. The first-order chi connectivity index (χ1) is 7.06. The zero-order chi connectivity index (χ0) is 11.4. The molecule has 0 aromatic carbocycles. The number of morpholine rings is 1. The number of hydrogen-bond donors (Lipinski definition) is 1. The normalized spacial score (nSPS) is 23.9. The molecule has 86 valence electrons. The Hall–Kier alpha value is -1.10. The van der Waals surface area contributed by atoms with Crippen molar-refractivity contribution in [3.63, 3.8) is 0 Å². The Balaban J connectivity index is 2.56. The lowest BCUT2D eigenvalue weighted by molar-refractivity contribution is -0.168. The predicted octanol–water partition coefficient (Wildman–Crippen LogP) is -0.384. The quantitative estimate of drug-likeness (QED) is 0.648. The number of nitrogens with one attached hydrogen (secondary N) is 1. The van der Waals surface area contributed by atoms with E-state index in [2.05, 4.69) is 5.32 Å². The highest BCUT2D eigenvalue weighted by Gasteiger charge is 2.33. The third-order valence-electron chi connectivity index (χ3n) is 2.53. The summed E-state index contributed by atoms with van der Waals surface area (Å²) in [5.74, 6) is -0.0939. The van der Waals surface area contributed by atoms with Crippen LogP contribution < -0.4 is 5.32 Å². The summed E-state index contributed by atoms with van der Waals surface area (Å²) in [5.41, 5.74) is 0. The zero-order valence-corrected chi connectivity index (χ0v) is 9.45. The van der Waals surface area contributed by atoms with Crippen LogP contribution in [0.5, 0.6) is 0 Å². The van der Waals surface area contributed by atoms with E-state index in [1.54, 1.807) is 11.8 Å².